The van der Waals surface area contributed by atoms with Gasteiger partial charge in [-0.1, -0.05) is 36.4 Å². The summed E-state index contributed by atoms with van der Waals surface area (Å²) >= 11 is 0. The molecule has 5 heteroatoms. The number of nitrogens with zero attached hydrogens (tertiary/aromatic N) is 3. The Morgan fingerprint density at radius 3 is 2.44 bits per heavy atom. The quantitative estimate of drug-likeness (QED) is 0.779. The Morgan fingerprint density at radius 2 is 1.84 bits per heavy atom. The van der Waals surface area contributed by atoms with Crippen LogP contribution >= 0.6 is 0 Å². The minimum atomic E-state index is -0.220. The predicted molar refractivity (Wildman–Crippen MR) is 97.1 cm³/mol. The maximum Gasteiger partial charge on any atom is 0.227 e. The van der Waals surface area contributed by atoms with Gasteiger partial charge in [0.1, 0.15) is 0 Å². The third-order valence-corrected chi connectivity index (χ3v) is 4.47. The smallest absolute Gasteiger partial charge is 0.227 e. The Balaban J connectivity index is 1.92. The molecular formula is C20H22N4O. The fourth-order valence-corrected chi connectivity index (χ4v) is 3.02. The van der Waals surface area contributed by atoms with E-state index in [4.69, 9.17) is 0 Å². The van der Waals surface area contributed by atoms with Gasteiger partial charge in [-0.05, 0) is 31.5 Å². The number of amides is 1. The summed E-state index contributed by atoms with van der Waals surface area (Å²) in [5.74, 6) is 0.0344. The fourth-order valence-electron chi connectivity index (χ4n) is 3.02. The number of carbonyl (C=O) groups excluding carboxylic acids is 1. The lowest BCUT2D eigenvalue weighted by Gasteiger charge is -2.28. The number of aromatic amines is 1. The molecule has 1 N–H and O–H groups in total. The van der Waals surface area contributed by atoms with Crippen molar-refractivity contribution in [3.63, 3.8) is 0 Å². The number of H-pyrrole nitrogens is 1. The maximum absolute atomic E-state index is 13.0. The van der Waals surface area contributed by atoms with Gasteiger partial charge in [-0.2, -0.15) is 5.10 Å². The van der Waals surface area contributed by atoms with E-state index >= 15 is 0 Å². The molecule has 3 rings (SSSR count). The molecule has 25 heavy (non-hydrogen) atoms. The molecular weight excluding hydrogens is 312 g/mol. The van der Waals surface area contributed by atoms with Gasteiger partial charge < -0.3 is 4.90 Å². The second kappa shape index (κ2) is 7.30. The van der Waals surface area contributed by atoms with E-state index in [9.17, 15) is 4.79 Å². The van der Waals surface area contributed by atoms with Crippen molar-refractivity contribution in [1.29, 1.82) is 0 Å². The van der Waals surface area contributed by atoms with E-state index < -0.39 is 0 Å². The lowest BCUT2D eigenvalue weighted by atomic mass is 10.0. The summed E-state index contributed by atoms with van der Waals surface area (Å²) < 4.78 is 0. The number of aryl methyl sites for hydroxylation is 2. The van der Waals surface area contributed by atoms with Gasteiger partial charge in [0, 0.05) is 24.5 Å². The molecule has 0 aliphatic carbocycles. The Kier molecular flexibility index (Phi) is 4.93. The summed E-state index contributed by atoms with van der Waals surface area (Å²) in [4.78, 5) is 19.2. The molecule has 3 aromatic rings. The van der Waals surface area contributed by atoms with Crippen LogP contribution in [-0.4, -0.2) is 33.0 Å². The van der Waals surface area contributed by atoms with Gasteiger partial charge in [-0.25, -0.2) is 0 Å². The standard InChI is InChI=1S/C20H22N4O/c1-14-17(15(2)23-22-14)13-19(25)24(3)20(16-9-5-4-6-10-16)18-11-7-8-12-21-18/h4-12,20H,13H2,1-3H3,(H,22,23)/t20-/m0/s1. The van der Waals surface area contributed by atoms with Crippen molar-refractivity contribution in [3.8, 4) is 0 Å². The zero-order valence-corrected chi connectivity index (χ0v) is 14.7. The lowest BCUT2D eigenvalue weighted by molar-refractivity contribution is -0.130. The van der Waals surface area contributed by atoms with Crippen molar-refractivity contribution < 1.29 is 4.79 Å². The SMILES string of the molecule is Cc1n[nH]c(C)c1CC(=O)N(C)[C@@H](c1ccccc1)c1ccccn1. The molecule has 5 nitrogen and oxygen atoms in total. The minimum Gasteiger partial charge on any atom is -0.333 e. The molecule has 0 unspecified atom stereocenters. The molecule has 2 aromatic heterocycles. The largest absolute Gasteiger partial charge is 0.333 e. The van der Waals surface area contributed by atoms with Crippen LogP contribution in [0.15, 0.2) is 54.7 Å². The Bertz CT molecular complexity index is 784. The summed E-state index contributed by atoms with van der Waals surface area (Å²) in [7, 11) is 1.83. The van der Waals surface area contributed by atoms with E-state index in [-0.39, 0.29) is 11.9 Å². The highest BCUT2D eigenvalue weighted by Crippen LogP contribution is 2.27. The highest BCUT2D eigenvalue weighted by Gasteiger charge is 2.25. The number of aromatic nitrogens is 3. The Morgan fingerprint density at radius 1 is 1.12 bits per heavy atom. The molecule has 0 radical (unpaired) electrons. The van der Waals surface area contributed by atoms with E-state index in [0.29, 0.717) is 6.42 Å². The molecule has 1 atom stereocenters. The Labute approximate surface area is 147 Å². The predicted octanol–water partition coefficient (Wildman–Crippen LogP) is 3.21. The van der Waals surface area contributed by atoms with E-state index in [0.717, 1.165) is 28.2 Å². The second-order valence-electron chi connectivity index (χ2n) is 6.16. The van der Waals surface area contributed by atoms with E-state index in [2.05, 4.69) is 15.2 Å². The highest BCUT2D eigenvalue weighted by molar-refractivity contribution is 5.80. The van der Waals surface area contributed by atoms with Crippen LogP contribution in [-0.2, 0) is 11.2 Å². The number of benzene rings is 1. The number of hydrogen-bond donors (Lipinski definition) is 1. The number of rotatable bonds is 5. The fraction of sp³-hybridized carbons (Fsp3) is 0.250. The van der Waals surface area contributed by atoms with Crippen LogP contribution in [0.5, 0.6) is 0 Å². The van der Waals surface area contributed by atoms with Crippen LogP contribution in [0.4, 0.5) is 0 Å². The van der Waals surface area contributed by atoms with Crippen LogP contribution < -0.4 is 0 Å². The molecule has 0 spiro atoms. The molecule has 0 fully saturated rings. The molecule has 128 valence electrons. The lowest BCUT2D eigenvalue weighted by Crippen LogP contribution is -2.33. The topological polar surface area (TPSA) is 61.9 Å². The molecule has 2 heterocycles. The van der Waals surface area contributed by atoms with Crippen molar-refractivity contribution >= 4 is 5.91 Å². The van der Waals surface area contributed by atoms with Crippen LogP contribution in [0, 0.1) is 13.8 Å². The van der Waals surface area contributed by atoms with Crippen molar-refractivity contribution in [1.82, 2.24) is 20.1 Å². The number of likely N-dealkylation sites (N-methyl/N-ethyl adjacent to an activating group) is 1. The van der Waals surface area contributed by atoms with Crippen LogP contribution in [0.1, 0.15) is 34.3 Å². The molecule has 0 bridgehead atoms. The van der Waals surface area contributed by atoms with Crippen molar-refractivity contribution in [2.75, 3.05) is 7.05 Å². The van der Waals surface area contributed by atoms with Crippen molar-refractivity contribution in [2.45, 2.75) is 26.3 Å². The van der Waals surface area contributed by atoms with Gasteiger partial charge in [0.15, 0.2) is 0 Å². The number of hydrogen-bond acceptors (Lipinski definition) is 3. The van der Waals surface area contributed by atoms with Crippen molar-refractivity contribution in [3.05, 3.63) is 82.9 Å². The first-order valence-corrected chi connectivity index (χ1v) is 8.30. The monoisotopic (exact) mass is 334 g/mol. The molecule has 0 aliphatic rings. The molecule has 1 amide bonds. The first-order chi connectivity index (χ1) is 12.1. The first kappa shape index (κ1) is 16.9. The zero-order valence-electron chi connectivity index (χ0n) is 14.7. The maximum atomic E-state index is 13.0. The van der Waals surface area contributed by atoms with Gasteiger partial charge in [0.05, 0.1) is 23.9 Å². The van der Waals surface area contributed by atoms with E-state index in [1.165, 1.54) is 0 Å². The second-order valence-corrected chi connectivity index (χ2v) is 6.16. The average Bonchev–Trinajstić information content (AvgIpc) is 2.95. The number of carbonyl (C=O) groups is 1. The van der Waals surface area contributed by atoms with Gasteiger partial charge in [0.2, 0.25) is 5.91 Å². The first-order valence-electron chi connectivity index (χ1n) is 8.30. The molecule has 0 saturated carbocycles. The zero-order chi connectivity index (χ0) is 17.8. The number of pyridine rings is 1. The summed E-state index contributed by atoms with van der Waals surface area (Å²) in [5.41, 5.74) is 4.66. The van der Waals surface area contributed by atoms with Gasteiger partial charge in [0.25, 0.3) is 0 Å². The van der Waals surface area contributed by atoms with Gasteiger partial charge in [-0.3, -0.25) is 14.9 Å². The third-order valence-electron chi connectivity index (χ3n) is 4.47. The minimum absolute atomic E-state index is 0.0344. The highest BCUT2D eigenvalue weighted by atomic mass is 16.2. The average molecular weight is 334 g/mol. The molecule has 1 aromatic carbocycles. The Hall–Kier alpha value is -2.95. The summed E-state index contributed by atoms with van der Waals surface area (Å²) in [6, 6.07) is 15.5. The number of nitrogens with one attached hydrogen (secondary N) is 1. The van der Waals surface area contributed by atoms with Crippen LogP contribution in [0.2, 0.25) is 0 Å². The van der Waals surface area contributed by atoms with E-state index in [1.807, 2.05) is 69.4 Å². The summed E-state index contributed by atoms with van der Waals surface area (Å²) in [5, 5.41) is 7.12. The van der Waals surface area contributed by atoms with Crippen molar-refractivity contribution in [2.24, 2.45) is 0 Å². The summed E-state index contributed by atoms with van der Waals surface area (Å²) in [6.45, 7) is 3.86. The third kappa shape index (κ3) is 3.60. The normalized spacial score (nSPS) is 12.0. The van der Waals surface area contributed by atoms with Crippen LogP contribution in [0.25, 0.3) is 0 Å². The van der Waals surface area contributed by atoms with E-state index in [1.54, 1.807) is 11.1 Å². The molecule has 0 saturated heterocycles. The van der Waals surface area contributed by atoms with Gasteiger partial charge in [-0.15, -0.1) is 0 Å². The van der Waals surface area contributed by atoms with Gasteiger partial charge >= 0.3 is 0 Å². The molecule has 0 aliphatic heterocycles. The van der Waals surface area contributed by atoms with Crippen LogP contribution in [0.3, 0.4) is 0 Å². The summed E-state index contributed by atoms with van der Waals surface area (Å²) in [6.07, 6.45) is 2.08.